The molecule has 0 saturated heterocycles. The maximum Gasteiger partial charge on any atom is 0.407 e. The fourth-order valence-corrected chi connectivity index (χ4v) is 2.87. The van der Waals surface area contributed by atoms with Crippen LogP contribution in [0.25, 0.3) is 11.2 Å². The Hall–Kier alpha value is -2.81. The zero-order valence-corrected chi connectivity index (χ0v) is 15.7. The van der Waals surface area contributed by atoms with Crippen molar-refractivity contribution in [1.29, 1.82) is 0 Å². The second-order valence-corrected chi connectivity index (χ2v) is 6.51. The number of unbranched alkanes of at least 4 members (excludes halogenated alkanes) is 1. The Bertz CT molecular complexity index is 948. The smallest absolute Gasteiger partial charge is 0.407 e. The topological polar surface area (TPSA) is 108 Å². The largest absolute Gasteiger partial charge is 0.450 e. The normalized spacial score (nSPS) is 10.9. The van der Waals surface area contributed by atoms with Crippen LogP contribution in [-0.4, -0.2) is 40.1 Å². The molecule has 27 heavy (non-hydrogen) atoms. The van der Waals surface area contributed by atoms with E-state index in [1.165, 1.54) is 0 Å². The molecule has 140 valence electrons. The van der Waals surface area contributed by atoms with Gasteiger partial charge in [0, 0.05) is 13.1 Å². The first kappa shape index (κ1) is 19.0. The number of aromatic nitrogens is 4. The number of carbonyl (C=O) groups excluding carboxylic acids is 1. The average molecular weight is 387 g/mol. The lowest BCUT2D eigenvalue weighted by molar-refractivity contribution is 0.143. The van der Waals surface area contributed by atoms with Crippen LogP contribution in [0.15, 0.2) is 30.6 Å². The van der Waals surface area contributed by atoms with Gasteiger partial charge in [-0.15, -0.1) is 0 Å². The molecule has 0 spiro atoms. The van der Waals surface area contributed by atoms with E-state index in [1.54, 1.807) is 6.33 Å². The minimum absolute atomic E-state index is 0.0929. The van der Waals surface area contributed by atoms with Gasteiger partial charge < -0.3 is 20.4 Å². The Kier molecular flexibility index (Phi) is 6.13. The minimum atomic E-state index is -0.420. The lowest BCUT2D eigenvalue weighted by atomic mass is 9.94. The van der Waals surface area contributed by atoms with Gasteiger partial charge in [-0.25, -0.2) is 9.78 Å². The summed E-state index contributed by atoms with van der Waals surface area (Å²) in [6.07, 6.45) is 2.74. The molecule has 0 radical (unpaired) electrons. The van der Waals surface area contributed by atoms with E-state index >= 15 is 0 Å². The summed E-state index contributed by atoms with van der Waals surface area (Å²) in [7, 11) is 2.01. The number of imidazole rings is 1. The molecule has 3 N–H and O–H groups in total. The molecule has 3 rings (SSSR count). The summed E-state index contributed by atoms with van der Waals surface area (Å²) in [5.41, 5.74) is 9.11. The average Bonchev–Trinajstić information content (AvgIpc) is 3.03. The van der Waals surface area contributed by atoms with Gasteiger partial charge in [0.15, 0.2) is 11.5 Å². The lowest BCUT2D eigenvalue weighted by Crippen LogP contribution is -2.24. The molecule has 2 aromatic heterocycles. The fraction of sp³-hybridized carbons (Fsp3) is 0.294. The molecule has 0 bridgehead atoms. The number of aryl methyl sites for hydroxylation is 1. The minimum Gasteiger partial charge on any atom is -0.450 e. The third-order valence-electron chi connectivity index (χ3n) is 4.01. The predicted octanol–water partition coefficient (Wildman–Crippen LogP) is 1.03. The van der Waals surface area contributed by atoms with Crippen molar-refractivity contribution in [3.05, 3.63) is 41.4 Å². The summed E-state index contributed by atoms with van der Waals surface area (Å²) in [5.74, 6) is 0.261. The monoisotopic (exact) mass is 386 g/mol. The maximum atomic E-state index is 11.7. The van der Waals surface area contributed by atoms with Gasteiger partial charge >= 0.3 is 6.09 Å². The van der Waals surface area contributed by atoms with Crippen LogP contribution in [0.1, 0.15) is 18.4 Å². The number of anilines is 1. The molecule has 1 aromatic carbocycles. The highest BCUT2D eigenvalue weighted by Crippen LogP contribution is 2.18. The van der Waals surface area contributed by atoms with E-state index in [4.69, 9.17) is 22.1 Å². The fourth-order valence-electron chi connectivity index (χ4n) is 2.70. The van der Waals surface area contributed by atoms with E-state index in [-0.39, 0.29) is 11.1 Å². The molecule has 0 fully saturated rings. The number of amides is 1. The molecule has 10 heteroatoms. The SMILES string of the molecule is Bc1cccc(CNC(=O)OCCCCn2cnc3c(N)nc(Cl)nc32)c1. The first-order valence-corrected chi connectivity index (χ1v) is 9.01. The van der Waals surface area contributed by atoms with Gasteiger partial charge in [0.1, 0.15) is 13.4 Å². The van der Waals surface area contributed by atoms with Crippen LogP contribution in [0, 0.1) is 0 Å². The zero-order chi connectivity index (χ0) is 19.2. The van der Waals surface area contributed by atoms with Crippen LogP contribution >= 0.6 is 11.6 Å². The molecular formula is C17H20BClN6O2. The van der Waals surface area contributed by atoms with Crippen LogP contribution < -0.4 is 16.5 Å². The second-order valence-electron chi connectivity index (χ2n) is 6.17. The Balaban J connectivity index is 1.39. The summed E-state index contributed by atoms with van der Waals surface area (Å²) in [6, 6.07) is 7.96. The summed E-state index contributed by atoms with van der Waals surface area (Å²) in [5, 5.41) is 2.84. The van der Waals surface area contributed by atoms with Gasteiger partial charge in [0.2, 0.25) is 5.28 Å². The first-order chi connectivity index (χ1) is 13.0. The molecule has 3 aromatic rings. The van der Waals surface area contributed by atoms with Gasteiger partial charge in [-0.3, -0.25) is 0 Å². The van der Waals surface area contributed by atoms with Crippen molar-refractivity contribution in [3.63, 3.8) is 0 Å². The Morgan fingerprint density at radius 1 is 1.33 bits per heavy atom. The molecule has 0 saturated carbocycles. The number of carbonyl (C=O) groups is 1. The molecule has 2 heterocycles. The van der Waals surface area contributed by atoms with Crippen molar-refractivity contribution in [2.75, 3.05) is 12.3 Å². The van der Waals surface area contributed by atoms with Crippen molar-refractivity contribution < 1.29 is 9.53 Å². The second kappa shape index (κ2) is 8.72. The number of nitrogen functional groups attached to an aromatic ring is 1. The van der Waals surface area contributed by atoms with Gasteiger partial charge in [-0.05, 0) is 30.0 Å². The Morgan fingerprint density at radius 3 is 3.00 bits per heavy atom. The van der Waals surface area contributed by atoms with Crippen LogP contribution in [-0.2, 0) is 17.8 Å². The van der Waals surface area contributed by atoms with Crippen LogP contribution in [0.2, 0.25) is 5.28 Å². The number of halogens is 1. The number of nitrogens with one attached hydrogen (secondary N) is 1. The van der Waals surface area contributed by atoms with Crippen molar-refractivity contribution in [2.24, 2.45) is 0 Å². The summed E-state index contributed by atoms with van der Waals surface area (Å²) < 4.78 is 7.06. The molecule has 8 nitrogen and oxygen atoms in total. The molecular weight excluding hydrogens is 366 g/mol. The number of benzene rings is 1. The Morgan fingerprint density at radius 2 is 2.19 bits per heavy atom. The quantitative estimate of drug-likeness (QED) is 0.357. The van der Waals surface area contributed by atoms with Gasteiger partial charge in [0.05, 0.1) is 12.9 Å². The third kappa shape index (κ3) is 5.10. The Labute approximate surface area is 162 Å². The van der Waals surface area contributed by atoms with Crippen LogP contribution in [0.5, 0.6) is 0 Å². The van der Waals surface area contributed by atoms with Crippen molar-refractivity contribution >= 4 is 48.0 Å². The third-order valence-corrected chi connectivity index (χ3v) is 4.18. The number of fused-ring (bicyclic) bond motifs is 1. The molecule has 0 aliphatic carbocycles. The summed E-state index contributed by atoms with van der Waals surface area (Å²) in [4.78, 5) is 24.0. The van der Waals surface area contributed by atoms with Crippen molar-refractivity contribution in [2.45, 2.75) is 25.9 Å². The summed E-state index contributed by atoms with van der Waals surface area (Å²) in [6.45, 7) is 1.45. The highest BCUT2D eigenvalue weighted by Gasteiger charge is 2.10. The number of hydrogen-bond acceptors (Lipinski definition) is 6. The predicted molar refractivity (Wildman–Crippen MR) is 107 cm³/mol. The molecule has 0 aliphatic rings. The van der Waals surface area contributed by atoms with E-state index in [2.05, 4.69) is 20.3 Å². The summed E-state index contributed by atoms with van der Waals surface area (Å²) >= 11 is 5.85. The highest BCUT2D eigenvalue weighted by molar-refractivity contribution is 6.32. The number of rotatable bonds is 7. The first-order valence-electron chi connectivity index (χ1n) is 8.63. The van der Waals surface area contributed by atoms with E-state index in [9.17, 15) is 4.79 Å². The van der Waals surface area contributed by atoms with E-state index < -0.39 is 6.09 Å². The van der Waals surface area contributed by atoms with Gasteiger partial charge in [-0.1, -0.05) is 29.7 Å². The molecule has 0 atom stereocenters. The highest BCUT2D eigenvalue weighted by atomic mass is 35.5. The number of hydrogen-bond donors (Lipinski definition) is 2. The maximum absolute atomic E-state index is 11.7. The van der Waals surface area contributed by atoms with E-state index in [0.29, 0.717) is 37.3 Å². The van der Waals surface area contributed by atoms with E-state index in [0.717, 1.165) is 17.4 Å². The van der Waals surface area contributed by atoms with Crippen molar-refractivity contribution in [3.8, 4) is 0 Å². The van der Waals surface area contributed by atoms with Crippen LogP contribution in [0.4, 0.5) is 10.6 Å². The molecule has 1 amide bonds. The number of nitrogens with two attached hydrogens (primary N) is 1. The van der Waals surface area contributed by atoms with Gasteiger partial charge in [-0.2, -0.15) is 9.97 Å². The number of nitrogens with zero attached hydrogens (tertiary/aromatic N) is 4. The molecule has 0 unspecified atom stereocenters. The number of ether oxygens (including phenoxy) is 1. The van der Waals surface area contributed by atoms with Crippen LogP contribution in [0.3, 0.4) is 0 Å². The molecule has 0 aliphatic heterocycles. The number of alkyl carbamates (subject to hydrolysis) is 1. The van der Waals surface area contributed by atoms with Gasteiger partial charge in [0.25, 0.3) is 0 Å². The standard InChI is InChI=1S/C17H20BClN6O2/c18-12-5-3-4-11(8-12)9-21-17(26)27-7-2-1-6-25-10-22-13-14(20)23-16(19)24-15(13)25/h3-5,8,10H,1-2,6-7,9,18H2,(H,21,26)(H2,20,23,24). The lowest BCUT2D eigenvalue weighted by Gasteiger charge is -2.08. The van der Waals surface area contributed by atoms with Crippen molar-refractivity contribution in [1.82, 2.24) is 24.8 Å². The van der Waals surface area contributed by atoms with E-state index in [1.807, 2.05) is 36.7 Å². The zero-order valence-electron chi connectivity index (χ0n) is 15.0.